The molecule has 0 amide bonds. The predicted octanol–water partition coefficient (Wildman–Crippen LogP) is 8.42. The monoisotopic (exact) mass is 785 g/mol. The lowest BCUT2D eigenvalue weighted by Gasteiger charge is -2.33. The fourth-order valence-corrected chi connectivity index (χ4v) is 28.1. The zero-order valence-electron chi connectivity index (χ0n) is 33.5. The molecule has 2 N–H and O–H groups in total. The summed E-state index contributed by atoms with van der Waals surface area (Å²) in [4.78, 5) is 9.37. The van der Waals surface area contributed by atoms with Crippen LogP contribution in [0.1, 0.15) is 25.7 Å². The van der Waals surface area contributed by atoms with Crippen LogP contribution >= 0.6 is 46.5 Å². The minimum absolute atomic E-state index is 0.866. The Balaban J connectivity index is 5.29. The molecule has 0 aliphatic carbocycles. The lowest BCUT2D eigenvalue weighted by molar-refractivity contribution is 0.437. The van der Waals surface area contributed by atoms with E-state index < -0.39 is 23.4 Å². The largest absolute Gasteiger partial charge is 0.330 e. The number of rotatable bonds is 34. The summed E-state index contributed by atoms with van der Waals surface area (Å²) in [5.41, 5.74) is 6.00. The summed E-state index contributed by atoms with van der Waals surface area (Å²) < 4.78 is 0. The van der Waals surface area contributed by atoms with E-state index in [1.54, 1.807) is 18.1 Å². The minimum Gasteiger partial charge on any atom is -0.330 e. The molecule has 2 unspecified atom stereocenters. The minimum atomic E-state index is -1.30. The van der Waals surface area contributed by atoms with Gasteiger partial charge < -0.3 is 25.3 Å². The maximum Gasteiger partial charge on any atom is 0.115 e. The van der Waals surface area contributed by atoms with Gasteiger partial charge >= 0.3 is 0 Å². The van der Waals surface area contributed by atoms with Gasteiger partial charge in [-0.15, -0.1) is 0 Å². The van der Waals surface area contributed by atoms with Crippen molar-refractivity contribution in [3.63, 3.8) is 0 Å². The number of hydrogen-bond donors (Lipinski definition) is 1. The smallest absolute Gasteiger partial charge is 0.115 e. The van der Waals surface area contributed by atoms with Crippen LogP contribution in [0.15, 0.2) is 0 Å². The van der Waals surface area contributed by atoms with Crippen LogP contribution in [0.3, 0.4) is 0 Å². The van der Waals surface area contributed by atoms with Crippen LogP contribution in [0.25, 0.3) is 0 Å². The molecule has 12 heteroatoms. The molecule has 47 heavy (non-hydrogen) atoms. The Morgan fingerprint density at radius 2 is 0.766 bits per heavy atom. The standard InChI is InChI=1S/C35H83N5S4Si3/c1-37(2)17-21-41-25-33-46(10,34-26-42-22-18-38(3)4)30-14-29-45(9,28-13-12-16-36)31-15-32-47(11,44-24-20-40(7)8)35-27-43-23-19-39(5)6/h12-36H2,1-11H3. The van der Waals surface area contributed by atoms with Crippen LogP contribution in [-0.4, -0.2) is 172 Å². The van der Waals surface area contributed by atoms with Gasteiger partial charge in [0.1, 0.15) is 7.22 Å². The SMILES string of the molecule is CN(C)CCSCC[Si](C)(CCC[Si](C)(CCCCN)CCC[Si](C)(CCSCCN(C)C)SCCN(C)C)CCSCCN(C)C. The van der Waals surface area contributed by atoms with Gasteiger partial charge in [-0.3, -0.25) is 0 Å². The predicted molar refractivity (Wildman–Crippen MR) is 239 cm³/mol. The van der Waals surface area contributed by atoms with Crippen molar-refractivity contribution in [1.29, 1.82) is 0 Å². The van der Waals surface area contributed by atoms with Crippen molar-refractivity contribution >= 4 is 69.9 Å². The molecule has 0 aromatic carbocycles. The van der Waals surface area contributed by atoms with E-state index in [1.807, 2.05) is 0 Å². The van der Waals surface area contributed by atoms with E-state index in [0.717, 1.165) is 6.54 Å². The number of nitrogens with zero attached hydrogens (tertiary/aromatic N) is 4. The van der Waals surface area contributed by atoms with Crippen LogP contribution in [-0.2, 0) is 0 Å². The summed E-state index contributed by atoms with van der Waals surface area (Å²) in [6, 6.07) is 12.2. The lowest BCUT2D eigenvalue weighted by atomic mass is 10.3. The van der Waals surface area contributed by atoms with E-state index in [2.05, 4.69) is 142 Å². The summed E-state index contributed by atoms with van der Waals surface area (Å²) in [6.07, 6.45) is 5.59. The van der Waals surface area contributed by atoms with Crippen LogP contribution in [0.4, 0.5) is 0 Å². The first-order valence-electron chi connectivity index (χ1n) is 18.8. The maximum absolute atomic E-state index is 6.00. The topological polar surface area (TPSA) is 39.0 Å². The van der Waals surface area contributed by atoms with Crippen molar-refractivity contribution in [2.24, 2.45) is 5.73 Å². The Labute approximate surface area is 316 Å². The molecule has 0 fully saturated rings. The third kappa shape index (κ3) is 30.1. The molecule has 0 aliphatic heterocycles. The molecule has 5 nitrogen and oxygen atoms in total. The molecule has 0 spiro atoms. The van der Waals surface area contributed by atoms with E-state index >= 15 is 0 Å². The fraction of sp³-hybridized carbons (Fsp3) is 1.00. The lowest BCUT2D eigenvalue weighted by Crippen LogP contribution is -2.35. The van der Waals surface area contributed by atoms with Crippen LogP contribution < -0.4 is 5.73 Å². The number of hydrogen-bond acceptors (Lipinski definition) is 9. The molecule has 0 saturated heterocycles. The zero-order valence-corrected chi connectivity index (χ0v) is 39.7. The fourth-order valence-electron chi connectivity index (χ4n) is 5.99. The second kappa shape index (κ2) is 29.3. The van der Waals surface area contributed by atoms with Gasteiger partial charge in [0.15, 0.2) is 0 Å². The molecular formula is C35H83N5S4Si3. The summed E-state index contributed by atoms with van der Waals surface area (Å²) in [6.45, 7) is 14.0. The van der Waals surface area contributed by atoms with Gasteiger partial charge in [-0.2, -0.15) is 46.5 Å². The molecule has 284 valence electrons. The van der Waals surface area contributed by atoms with E-state index in [4.69, 9.17) is 5.73 Å². The molecule has 0 aromatic heterocycles. The Kier molecular flexibility index (Phi) is 30.5. The molecule has 0 radical (unpaired) electrons. The highest BCUT2D eigenvalue weighted by Crippen LogP contribution is 2.37. The van der Waals surface area contributed by atoms with E-state index in [1.165, 1.54) is 122 Å². The highest BCUT2D eigenvalue weighted by Gasteiger charge is 2.32. The van der Waals surface area contributed by atoms with Gasteiger partial charge in [0.05, 0.1) is 16.1 Å². The maximum atomic E-state index is 6.00. The first-order chi connectivity index (χ1) is 22.1. The van der Waals surface area contributed by atoms with Crippen molar-refractivity contribution in [2.75, 3.05) is 129 Å². The van der Waals surface area contributed by atoms with Crippen LogP contribution in [0.5, 0.6) is 0 Å². The first kappa shape index (κ1) is 48.9. The molecule has 2 atom stereocenters. The Morgan fingerprint density at radius 1 is 0.404 bits per heavy atom. The number of nitrogens with two attached hydrogens (primary N) is 1. The molecule has 0 heterocycles. The molecule has 0 bridgehead atoms. The highest BCUT2D eigenvalue weighted by atomic mass is 32.4. The zero-order chi connectivity index (χ0) is 35.6. The van der Waals surface area contributed by atoms with Crippen LogP contribution in [0, 0.1) is 0 Å². The second-order valence-corrected chi connectivity index (χ2v) is 38.5. The quantitative estimate of drug-likeness (QED) is 0.0512. The van der Waals surface area contributed by atoms with Gasteiger partial charge in [-0.25, -0.2) is 0 Å². The second-order valence-electron chi connectivity index (χ2n) is 16.2. The van der Waals surface area contributed by atoms with E-state index in [9.17, 15) is 0 Å². The first-order valence-corrected chi connectivity index (χ1v) is 33.1. The third-order valence-electron chi connectivity index (χ3n) is 9.79. The van der Waals surface area contributed by atoms with Gasteiger partial charge in [-0.1, -0.05) is 63.1 Å². The third-order valence-corrected chi connectivity index (χ3v) is 30.7. The summed E-state index contributed by atoms with van der Waals surface area (Å²) in [7, 11) is 13.9. The van der Waals surface area contributed by atoms with Gasteiger partial charge in [-0.05, 0) is 111 Å². The average Bonchev–Trinajstić information content (AvgIpc) is 2.96. The Hall–Kier alpha value is 1.85. The summed E-state index contributed by atoms with van der Waals surface area (Å²) >= 11 is 9.02. The molecule has 0 aromatic rings. The number of thioether (sulfide) groups is 3. The Bertz CT molecular complexity index is 709. The van der Waals surface area contributed by atoms with Gasteiger partial charge in [0.2, 0.25) is 0 Å². The van der Waals surface area contributed by atoms with Crippen molar-refractivity contribution < 1.29 is 0 Å². The number of unbranched alkanes of at least 4 members (excludes halogenated alkanes) is 1. The van der Waals surface area contributed by atoms with Crippen LogP contribution in [0.2, 0.25) is 68.0 Å². The highest BCUT2D eigenvalue weighted by molar-refractivity contribution is 8.29. The molecule has 0 rings (SSSR count). The molecule has 0 aliphatic rings. The summed E-state index contributed by atoms with van der Waals surface area (Å²) in [5, 5.41) is 0. The van der Waals surface area contributed by atoms with Gasteiger partial charge in [0.25, 0.3) is 0 Å². The van der Waals surface area contributed by atoms with Crippen molar-refractivity contribution in [1.82, 2.24) is 19.6 Å². The average molecular weight is 787 g/mol. The normalized spacial score (nSPS) is 15.3. The molecular weight excluding hydrogens is 703 g/mol. The van der Waals surface area contributed by atoms with E-state index in [0.29, 0.717) is 0 Å². The van der Waals surface area contributed by atoms with Gasteiger partial charge in [0, 0.05) is 49.2 Å². The van der Waals surface area contributed by atoms with Crippen molar-refractivity contribution in [2.45, 2.75) is 93.7 Å². The summed E-state index contributed by atoms with van der Waals surface area (Å²) in [5.74, 6) is 9.28. The van der Waals surface area contributed by atoms with E-state index in [-0.39, 0.29) is 0 Å². The van der Waals surface area contributed by atoms with Crippen molar-refractivity contribution in [3.8, 4) is 0 Å². The molecule has 0 saturated carbocycles. The van der Waals surface area contributed by atoms with Crippen molar-refractivity contribution in [3.05, 3.63) is 0 Å². The Morgan fingerprint density at radius 3 is 1.19 bits per heavy atom.